The molecule has 1 saturated carbocycles. The Morgan fingerprint density at radius 3 is 2.06 bits per heavy atom. The first kappa shape index (κ1) is 11.6. The second-order valence-corrected chi connectivity index (χ2v) is 4.85. The lowest BCUT2D eigenvalue weighted by atomic mass is 9.84. The molecule has 2 rings (SSSR count). The third kappa shape index (κ3) is 2.60. The topological polar surface area (TPSA) is 0 Å². The van der Waals surface area contributed by atoms with Crippen LogP contribution in [0.25, 0.3) is 0 Å². The second-order valence-electron chi connectivity index (χ2n) is 4.85. The average molecular weight is 224 g/mol. The highest BCUT2D eigenvalue weighted by Crippen LogP contribution is 2.34. The molecule has 1 aliphatic rings. The largest absolute Gasteiger partial charge is 0.270 e. The number of rotatable bonds is 2. The van der Waals surface area contributed by atoms with Crippen LogP contribution in [0, 0.1) is 0 Å². The summed E-state index contributed by atoms with van der Waals surface area (Å²) in [4.78, 5) is 0. The van der Waals surface area contributed by atoms with E-state index < -0.39 is 5.92 Å². The highest BCUT2D eigenvalue weighted by Gasteiger charge is 2.24. The van der Waals surface area contributed by atoms with E-state index in [1.54, 1.807) is 12.1 Å². The third-order valence-corrected chi connectivity index (χ3v) is 3.49. The highest BCUT2D eigenvalue weighted by atomic mass is 19.3. The quantitative estimate of drug-likeness (QED) is 0.674. The Kier molecular flexibility index (Phi) is 3.27. The Hall–Kier alpha value is -0.920. The van der Waals surface area contributed by atoms with Gasteiger partial charge in [0, 0.05) is 12.5 Å². The van der Waals surface area contributed by atoms with Crippen molar-refractivity contribution in [2.24, 2.45) is 0 Å². The predicted octanol–water partition coefficient (Wildman–Crippen LogP) is 4.85. The molecular weight excluding hydrogens is 206 g/mol. The van der Waals surface area contributed by atoms with Crippen LogP contribution in [0.3, 0.4) is 0 Å². The van der Waals surface area contributed by atoms with E-state index >= 15 is 0 Å². The van der Waals surface area contributed by atoms with E-state index in [1.165, 1.54) is 37.7 Å². The van der Waals surface area contributed by atoms with Crippen LogP contribution in [0.15, 0.2) is 24.3 Å². The van der Waals surface area contributed by atoms with E-state index in [0.717, 1.165) is 6.92 Å². The van der Waals surface area contributed by atoms with E-state index in [1.807, 2.05) is 12.1 Å². The van der Waals surface area contributed by atoms with Gasteiger partial charge < -0.3 is 0 Å². The molecule has 0 atom stereocenters. The molecule has 0 bridgehead atoms. The van der Waals surface area contributed by atoms with Crippen molar-refractivity contribution >= 4 is 0 Å². The Morgan fingerprint density at radius 2 is 1.56 bits per heavy atom. The zero-order valence-corrected chi connectivity index (χ0v) is 9.68. The molecule has 0 amide bonds. The van der Waals surface area contributed by atoms with Crippen molar-refractivity contribution in [3.63, 3.8) is 0 Å². The maximum Gasteiger partial charge on any atom is 0.270 e. The van der Waals surface area contributed by atoms with Gasteiger partial charge in [-0.1, -0.05) is 43.5 Å². The molecule has 1 fully saturated rings. The van der Waals surface area contributed by atoms with Crippen LogP contribution in [-0.2, 0) is 5.92 Å². The summed E-state index contributed by atoms with van der Waals surface area (Å²) in [5, 5.41) is 0. The molecule has 0 N–H and O–H groups in total. The van der Waals surface area contributed by atoms with Gasteiger partial charge in [0.1, 0.15) is 0 Å². The number of hydrogen-bond donors (Lipinski definition) is 0. The molecule has 88 valence electrons. The van der Waals surface area contributed by atoms with Gasteiger partial charge in [0.05, 0.1) is 0 Å². The monoisotopic (exact) mass is 224 g/mol. The van der Waals surface area contributed by atoms with E-state index in [2.05, 4.69) is 0 Å². The Balaban J connectivity index is 2.12. The normalized spacial score (nSPS) is 18.7. The molecule has 0 nitrogen and oxygen atoms in total. The zero-order valence-electron chi connectivity index (χ0n) is 9.68. The van der Waals surface area contributed by atoms with Gasteiger partial charge in [-0.05, 0) is 24.3 Å². The maximum atomic E-state index is 13.0. The fourth-order valence-corrected chi connectivity index (χ4v) is 2.48. The van der Waals surface area contributed by atoms with Gasteiger partial charge in [-0.2, -0.15) is 0 Å². The molecule has 0 radical (unpaired) electrons. The summed E-state index contributed by atoms with van der Waals surface area (Å²) in [6, 6.07) is 6.90. The third-order valence-electron chi connectivity index (χ3n) is 3.49. The minimum atomic E-state index is -2.72. The molecule has 0 heterocycles. The minimum Gasteiger partial charge on any atom is -0.202 e. The Bertz CT molecular complexity index is 329. The first-order valence-electron chi connectivity index (χ1n) is 6.05. The molecule has 0 saturated heterocycles. The van der Waals surface area contributed by atoms with Gasteiger partial charge in [0.15, 0.2) is 0 Å². The zero-order chi connectivity index (χ0) is 11.6. The number of hydrogen-bond acceptors (Lipinski definition) is 0. The van der Waals surface area contributed by atoms with Crippen LogP contribution >= 0.6 is 0 Å². The van der Waals surface area contributed by atoms with Crippen molar-refractivity contribution in [2.75, 3.05) is 0 Å². The first-order valence-corrected chi connectivity index (χ1v) is 6.05. The van der Waals surface area contributed by atoms with Gasteiger partial charge in [0.25, 0.3) is 5.92 Å². The van der Waals surface area contributed by atoms with Crippen molar-refractivity contribution in [1.82, 2.24) is 0 Å². The lowest BCUT2D eigenvalue weighted by Gasteiger charge is -2.22. The number of halogens is 2. The molecule has 0 aliphatic heterocycles. The summed E-state index contributed by atoms with van der Waals surface area (Å²) in [6.07, 6.45) is 6.29. The molecular formula is C14H18F2. The minimum absolute atomic E-state index is 0.118. The van der Waals surface area contributed by atoms with Crippen LogP contribution in [0.5, 0.6) is 0 Å². The van der Waals surface area contributed by atoms with Gasteiger partial charge >= 0.3 is 0 Å². The maximum absolute atomic E-state index is 13.0. The molecule has 1 aromatic rings. The number of alkyl halides is 2. The summed E-state index contributed by atoms with van der Waals surface area (Å²) >= 11 is 0. The van der Waals surface area contributed by atoms with Crippen molar-refractivity contribution < 1.29 is 8.78 Å². The van der Waals surface area contributed by atoms with Gasteiger partial charge in [-0.3, -0.25) is 0 Å². The van der Waals surface area contributed by atoms with E-state index in [-0.39, 0.29) is 5.56 Å². The lowest BCUT2D eigenvalue weighted by molar-refractivity contribution is 0.0174. The molecule has 0 spiro atoms. The standard InChI is InChI=1S/C14H18F2/c1-14(15,16)13-9-7-12(8-10-13)11-5-3-2-4-6-11/h7-11H,2-6H2,1H3. The number of benzene rings is 1. The van der Waals surface area contributed by atoms with Gasteiger partial charge in [-0.25, -0.2) is 8.78 Å². The average Bonchev–Trinajstić information content (AvgIpc) is 2.29. The van der Waals surface area contributed by atoms with Crippen LogP contribution < -0.4 is 0 Å². The summed E-state index contributed by atoms with van der Waals surface area (Å²) in [5.41, 5.74) is 1.35. The Labute approximate surface area is 95.7 Å². The van der Waals surface area contributed by atoms with Crippen LogP contribution in [0.4, 0.5) is 8.78 Å². The van der Waals surface area contributed by atoms with E-state index in [4.69, 9.17) is 0 Å². The molecule has 1 aliphatic carbocycles. The van der Waals surface area contributed by atoms with Crippen molar-refractivity contribution in [2.45, 2.75) is 50.9 Å². The fraction of sp³-hybridized carbons (Fsp3) is 0.571. The smallest absolute Gasteiger partial charge is 0.202 e. The molecule has 0 unspecified atom stereocenters. The van der Waals surface area contributed by atoms with Crippen LogP contribution in [0.1, 0.15) is 56.1 Å². The predicted molar refractivity (Wildman–Crippen MR) is 61.8 cm³/mol. The lowest BCUT2D eigenvalue weighted by Crippen LogP contribution is -2.08. The van der Waals surface area contributed by atoms with Crippen molar-refractivity contribution in [3.05, 3.63) is 35.4 Å². The van der Waals surface area contributed by atoms with Crippen LogP contribution in [-0.4, -0.2) is 0 Å². The molecule has 2 heteroatoms. The van der Waals surface area contributed by atoms with Gasteiger partial charge in [0.2, 0.25) is 0 Å². The highest BCUT2D eigenvalue weighted by molar-refractivity contribution is 5.27. The summed E-state index contributed by atoms with van der Waals surface area (Å²) in [7, 11) is 0. The molecule has 0 aromatic heterocycles. The summed E-state index contributed by atoms with van der Waals surface area (Å²) < 4.78 is 26.1. The molecule has 16 heavy (non-hydrogen) atoms. The molecule has 1 aromatic carbocycles. The van der Waals surface area contributed by atoms with Crippen LogP contribution in [0.2, 0.25) is 0 Å². The van der Waals surface area contributed by atoms with Crippen molar-refractivity contribution in [1.29, 1.82) is 0 Å². The first-order chi connectivity index (χ1) is 7.57. The van der Waals surface area contributed by atoms with E-state index in [0.29, 0.717) is 5.92 Å². The fourth-order valence-electron chi connectivity index (χ4n) is 2.48. The summed E-state index contributed by atoms with van der Waals surface area (Å²) in [6.45, 7) is 0.947. The van der Waals surface area contributed by atoms with E-state index in [9.17, 15) is 8.78 Å². The van der Waals surface area contributed by atoms with Gasteiger partial charge in [-0.15, -0.1) is 0 Å². The SMILES string of the molecule is CC(F)(F)c1ccc(C2CCCCC2)cc1. The second kappa shape index (κ2) is 4.52. The summed E-state index contributed by atoms with van der Waals surface area (Å²) in [5.74, 6) is -2.13. The Morgan fingerprint density at radius 1 is 1.00 bits per heavy atom. The van der Waals surface area contributed by atoms with Crippen molar-refractivity contribution in [3.8, 4) is 0 Å².